The molecule has 3 aromatic rings. The van der Waals surface area contributed by atoms with Crippen LogP contribution < -0.4 is 0 Å². The topological polar surface area (TPSA) is 67.4 Å². The molecule has 0 saturated carbocycles. The van der Waals surface area contributed by atoms with E-state index in [1.54, 1.807) is 0 Å². The lowest BCUT2D eigenvalue weighted by Crippen LogP contribution is -2.56. The quantitative estimate of drug-likeness (QED) is 0.149. The number of fused-ring (bicyclic) bond motifs is 1. The lowest BCUT2D eigenvalue weighted by Gasteiger charge is -2.41. The summed E-state index contributed by atoms with van der Waals surface area (Å²) in [6.45, 7) is 8.25. The van der Waals surface area contributed by atoms with Crippen molar-refractivity contribution in [2.45, 2.75) is 31.7 Å². The van der Waals surface area contributed by atoms with E-state index in [1.807, 2.05) is 37.4 Å². The minimum atomic E-state index is -5.05. The first kappa shape index (κ1) is 33.7. The molecule has 250 valence electrons. The fourth-order valence-electron chi connectivity index (χ4n) is 6.05. The Kier molecular flexibility index (Phi) is 10.3. The average molecular weight is 653 g/mol. The highest BCUT2D eigenvalue weighted by atomic mass is 19.4. The van der Waals surface area contributed by atoms with E-state index in [4.69, 9.17) is 4.84 Å². The van der Waals surface area contributed by atoms with Crippen LogP contribution in [-0.4, -0.2) is 115 Å². The van der Waals surface area contributed by atoms with E-state index in [1.165, 1.54) is 4.90 Å². The third-order valence-electron chi connectivity index (χ3n) is 8.56. The summed E-state index contributed by atoms with van der Waals surface area (Å²) in [5, 5.41) is 5.19. The van der Waals surface area contributed by atoms with Crippen molar-refractivity contribution >= 4 is 22.5 Å². The van der Waals surface area contributed by atoms with Gasteiger partial charge in [-0.05, 0) is 50.2 Å². The number of H-pyrrole nitrogens is 1. The van der Waals surface area contributed by atoms with Gasteiger partial charge in [0.15, 0.2) is 0 Å². The number of piperazine rings is 2. The lowest BCUT2D eigenvalue weighted by atomic mass is 9.98. The van der Waals surface area contributed by atoms with Gasteiger partial charge in [-0.3, -0.25) is 14.6 Å². The van der Waals surface area contributed by atoms with Crippen molar-refractivity contribution in [2.24, 2.45) is 5.16 Å². The number of rotatable bonds is 9. The Balaban J connectivity index is 1.32. The van der Waals surface area contributed by atoms with E-state index in [0.29, 0.717) is 44.8 Å². The predicted molar refractivity (Wildman–Crippen MR) is 163 cm³/mol. The van der Waals surface area contributed by atoms with Gasteiger partial charge in [-0.1, -0.05) is 23.4 Å². The van der Waals surface area contributed by atoms with Gasteiger partial charge in [-0.15, -0.1) is 0 Å². The molecular formula is C32H38F6N6O2. The summed E-state index contributed by atoms with van der Waals surface area (Å²) >= 11 is 0. The molecule has 3 heterocycles. The first-order valence-electron chi connectivity index (χ1n) is 15.2. The molecule has 0 spiro atoms. The molecule has 2 fully saturated rings. The standard InChI is InChI=1S/C32H38F6N6O2/c1-22(40-46-14-13-42-9-7-41(2)8-10-42)20-43-11-12-44(27(21-43)17-24-19-39-29-6-4-3-5-28(24)29)30(45)23-15-25(31(33,34)35)18-26(16-23)32(36,37)38/h3-6,15-16,18-19,27,39H,7-14,17,20-21H2,1-2H3/t27-/m1/s1. The highest BCUT2D eigenvalue weighted by Gasteiger charge is 2.39. The van der Waals surface area contributed by atoms with Crippen molar-refractivity contribution < 1.29 is 36.0 Å². The Morgan fingerprint density at radius 2 is 1.59 bits per heavy atom. The van der Waals surface area contributed by atoms with E-state index < -0.39 is 41.0 Å². The molecule has 2 saturated heterocycles. The van der Waals surface area contributed by atoms with E-state index in [-0.39, 0.29) is 12.6 Å². The highest BCUT2D eigenvalue weighted by molar-refractivity contribution is 5.95. The van der Waals surface area contributed by atoms with Crippen LogP contribution in [0.25, 0.3) is 10.9 Å². The normalized spacial score (nSPS) is 19.6. The largest absolute Gasteiger partial charge is 0.416 e. The van der Waals surface area contributed by atoms with Gasteiger partial charge >= 0.3 is 12.4 Å². The molecule has 2 aliphatic rings. The maximum atomic E-state index is 13.7. The Labute approximate surface area is 263 Å². The van der Waals surface area contributed by atoms with Crippen LogP contribution in [0.4, 0.5) is 26.3 Å². The number of likely N-dealkylation sites (N-methyl/N-ethyl adjacent to an activating group) is 1. The second kappa shape index (κ2) is 14.0. The van der Waals surface area contributed by atoms with Crippen LogP contribution in [0.15, 0.2) is 53.8 Å². The van der Waals surface area contributed by atoms with Crippen LogP contribution in [-0.2, 0) is 23.6 Å². The number of halogens is 6. The van der Waals surface area contributed by atoms with Crippen molar-refractivity contribution in [3.8, 4) is 0 Å². The number of benzene rings is 2. The summed E-state index contributed by atoms with van der Waals surface area (Å²) in [6, 6.07) is 8.09. The van der Waals surface area contributed by atoms with Crippen LogP contribution in [0.2, 0.25) is 0 Å². The van der Waals surface area contributed by atoms with E-state index in [2.05, 4.69) is 31.9 Å². The van der Waals surface area contributed by atoms with Crippen molar-refractivity contribution in [3.05, 3.63) is 70.9 Å². The molecule has 2 aromatic carbocycles. The number of aromatic nitrogens is 1. The van der Waals surface area contributed by atoms with Gasteiger partial charge in [0.25, 0.3) is 5.91 Å². The Bertz CT molecular complexity index is 1500. The first-order valence-corrected chi connectivity index (χ1v) is 15.2. The van der Waals surface area contributed by atoms with Crippen LogP contribution in [0.3, 0.4) is 0 Å². The lowest BCUT2D eigenvalue weighted by molar-refractivity contribution is -0.143. The Morgan fingerprint density at radius 1 is 0.935 bits per heavy atom. The van der Waals surface area contributed by atoms with E-state index >= 15 is 0 Å². The summed E-state index contributed by atoms with van der Waals surface area (Å²) in [6.07, 6.45) is -7.95. The monoisotopic (exact) mass is 652 g/mol. The zero-order chi connectivity index (χ0) is 33.1. The molecule has 2 aliphatic heterocycles. The van der Waals surface area contributed by atoms with Crippen LogP contribution >= 0.6 is 0 Å². The van der Waals surface area contributed by atoms with Gasteiger partial charge in [0.1, 0.15) is 6.61 Å². The summed E-state index contributed by atoms with van der Waals surface area (Å²) in [7, 11) is 2.09. The van der Waals surface area contributed by atoms with Gasteiger partial charge < -0.3 is 19.6 Å². The van der Waals surface area contributed by atoms with Gasteiger partial charge in [-0.25, -0.2) is 0 Å². The van der Waals surface area contributed by atoms with Gasteiger partial charge in [0.05, 0.1) is 16.8 Å². The number of hydrogen-bond acceptors (Lipinski definition) is 6. The number of carbonyl (C=O) groups is 1. The minimum absolute atomic E-state index is 0.0352. The fraction of sp³-hybridized carbons (Fsp3) is 0.500. The molecule has 8 nitrogen and oxygen atoms in total. The second-order valence-electron chi connectivity index (χ2n) is 12.1. The van der Waals surface area contributed by atoms with Crippen molar-refractivity contribution in [1.82, 2.24) is 24.6 Å². The molecule has 0 aliphatic carbocycles. The van der Waals surface area contributed by atoms with Gasteiger partial charge in [0.2, 0.25) is 0 Å². The zero-order valence-electron chi connectivity index (χ0n) is 25.8. The summed E-state index contributed by atoms with van der Waals surface area (Å²) in [5.74, 6) is -0.876. The second-order valence-corrected chi connectivity index (χ2v) is 12.1. The Morgan fingerprint density at radius 3 is 2.26 bits per heavy atom. The third-order valence-corrected chi connectivity index (χ3v) is 8.56. The molecule has 1 atom stereocenters. The molecule has 14 heteroatoms. The highest BCUT2D eigenvalue weighted by Crippen LogP contribution is 2.37. The minimum Gasteiger partial charge on any atom is -0.394 e. The molecule has 0 unspecified atom stereocenters. The van der Waals surface area contributed by atoms with Crippen LogP contribution in [0.5, 0.6) is 0 Å². The SMILES string of the molecule is CC(CN1CCN(C(=O)c2cc(C(F)(F)F)cc(C(F)(F)F)c2)[C@H](Cc2c[nH]c3ccccc23)C1)=NOCCN1CCN(C)CC1. The van der Waals surface area contributed by atoms with Gasteiger partial charge in [0, 0.05) is 87.6 Å². The van der Waals surface area contributed by atoms with Gasteiger partial charge in [-0.2, -0.15) is 26.3 Å². The molecule has 1 N–H and O–H groups in total. The molecule has 46 heavy (non-hydrogen) atoms. The maximum Gasteiger partial charge on any atom is 0.416 e. The number of nitrogens with one attached hydrogen (secondary N) is 1. The zero-order valence-corrected chi connectivity index (χ0v) is 25.8. The Hall–Kier alpha value is -3.62. The number of nitrogens with zero attached hydrogens (tertiary/aromatic N) is 5. The number of aromatic amines is 1. The van der Waals surface area contributed by atoms with E-state index in [0.717, 1.165) is 54.9 Å². The molecular weight excluding hydrogens is 614 g/mol. The number of oxime groups is 1. The van der Waals surface area contributed by atoms with Crippen molar-refractivity contribution in [2.75, 3.05) is 72.6 Å². The smallest absolute Gasteiger partial charge is 0.394 e. The number of alkyl halides is 6. The summed E-state index contributed by atoms with van der Waals surface area (Å²) in [5.41, 5.74) is -1.19. The van der Waals surface area contributed by atoms with Crippen LogP contribution in [0, 0.1) is 0 Å². The number of carbonyl (C=O) groups excluding carboxylic acids is 1. The fourth-order valence-corrected chi connectivity index (χ4v) is 6.05. The summed E-state index contributed by atoms with van der Waals surface area (Å²) < 4.78 is 81.5. The molecule has 0 bridgehead atoms. The predicted octanol–water partition coefficient (Wildman–Crippen LogP) is 5.21. The first-order chi connectivity index (χ1) is 21.8. The number of amides is 1. The third kappa shape index (κ3) is 8.39. The van der Waals surface area contributed by atoms with Crippen molar-refractivity contribution in [3.63, 3.8) is 0 Å². The number of hydrogen-bond donors (Lipinski definition) is 1. The van der Waals surface area contributed by atoms with Crippen molar-refractivity contribution in [1.29, 1.82) is 0 Å². The molecule has 0 radical (unpaired) electrons. The molecule has 5 rings (SSSR count). The molecule has 1 amide bonds. The number of para-hydroxylation sites is 1. The average Bonchev–Trinajstić information content (AvgIpc) is 3.41. The maximum absolute atomic E-state index is 13.7. The van der Waals surface area contributed by atoms with Crippen LogP contribution in [0.1, 0.15) is 34.0 Å². The van der Waals surface area contributed by atoms with E-state index in [9.17, 15) is 31.1 Å². The summed E-state index contributed by atoms with van der Waals surface area (Å²) in [4.78, 5) is 30.6. The molecule has 1 aromatic heterocycles.